The van der Waals surface area contributed by atoms with Crippen LogP contribution in [0, 0.1) is 5.82 Å². The Balaban J connectivity index is 1.95. The minimum Gasteiger partial charge on any atom is -0.351 e. The van der Waals surface area contributed by atoms with Crippen molar-refractivity contribution in [1.29, 1.82) is 0 Å². The van der Waals surface area contributed by atoms with E-state index in [-0.39, 0.29) is 35.1 Å². The molecule has 0 aliphatic rings. The third-order valence-corrected chi connectivity index (χ3v) is 4.90. The van der Waals surface area contributed by atoms with Crippen LogP contribution in [-0.4, -0.2) is 26.8 Å². The molecule has 1 amide bonds. The van der Waals surface area contributed by atoms with Gasteiger partial charge in [-0.1, -0.05) is 36.0 Å². The highest BCUT2D eigenvalue weighted by Crippen LogP contribution is 2.19. The second-order valence-electron chi connectivity index (χ2n) is 7.52. The predicted molar refractivity (Wildman–Crippen MR) is 110 cm³/mol. The van der Waals surface area contributed by atoms with Gasteiger partial charge >= 0.3 is 0 Å². The van der Waals surface area contributed by atoms with Gasteiger partial charge in [0, 0.05) is 5.54 Å². The van der Waals surface area contributed by atoms with E-state index in [4.69, 9.17) is 0 Å². The molecule has 0 saturated heterocycles. The fourth-order valence-corrected chi connectivity index (χ4v) is 3.55. The molecule has 2 aromatic carbocycles. The van der Waals surface area contributed by atoms with Gasteiger partial charge in [-0.3, -0.25) is 14.2 Å². The normalized spacial score (nSPS) is 11.6. The van der Waals surface area contributed by atoms with E-state index in [1.807, 2.05) is 26.8 Å². The maximum absolute atomic E-state index is 13.2. The Morgan fingerprint density at radius 2 is 1.82 bits per heavy atom. The Morgan fingerprint density at radius 3 is 2.50 bits per heavy atom. The second kappa shape index (κ2) is 8.14. The highest BCUT2D eigenvalue weighted by Gasteiger charge is 2.17. The lowest BCUT2D eigenvalue weighted by molar-refractivity contribution is -0.119. The van der Waals surface area contributed by atoms with Crippen LogP contribution < -0.4 is 10.9 Å². The van der Waals surface area contributed by atoms with Crippen molar-refractivity contribution in [1.82, 2.24) is 14.9 Å². The minimum absolute atomic E-state index is 0.131. The lowest BCUT2D eigenvalue weighted by atomic mass is 10.1. The van der Waals surface area contributed by atoms with Crippen LogP contribution in [0.15, 0.2) is 58.5 Å². The largest absolute Gasteiger partial charge is 0.351 e. The summed E-state index contributed by atoms with van der Waals surface area (Å²) in [5.41, 5.74) is 0.846. The maximum atomic E-state index is 13.2. The van der Waals surface area contributed by atoms with Gasteiger partial charge in [-0.05, 0) is 50.6 Å². The van der Waals surface area contributed by atoms with Crippen molar-refractivity contribution in [3.63, 3.8) is 0 Å². The van der Waals surface area contributed by atoms with E-state index >= 15 is 0 Å². The number of benzene rings is 2. The van der Waals surface area contributed by atoms with Crippen LogP contribution in [0.4, 0.5) is 4.39 Å². The highest BCUT2D eigenvalue weighted by atomic mass is 32.2. The number of aromatic nitrogens is 2. The first kappa shape index (κ1) is 20.1. The summed E-state index contributed by atoms with van der Waals surface area (Å²) in [5, 5.41) is 3.86. The van der Waals surface area contributed by atoms with Gasteiger partial charge in [-0.15, -0.1) is 0 Å². The number of amides is 1. The molecule has 146 valence electrons. The van der Waals surface area contributed by atoms with Gasteiger partial charge in [0.2, 0.25) is 5.91 Å². The fourth-order valence-electron chi connectivity index (χ4n) is 2.75. The Kier molecular flexibility index (Phi) is 5.84. The molecule has 0 spiro atoms. The van der Waals surface area contributed by atoms with Gasteiger partial charge in [0.15, 0.2) is 5.16 Å². The fraction of sp³-hybridized carbons (Fsp3) is 0.286. The molecule has 0 saturated carbocycles. The highest BCUT2D eigenvalue weighted by molar-refractivity contribution is 7.99. The molecular weight excluding hydrogens is 377 g/mol. The van der Waals surface area contributed by atoms with Crippen molar-refractivity contribution in [2.24, 2.45) is 0 Å². The van der Waals surface area contributed by atoms with E-state index in [2.05, 4.69) is 10.3 Å². The van der Waals surface area contributed by atoms with Crippen LogP contribution >= 0.6 is 11.8 Å². The zero-order valence-corrected chi connectivity index (χ0v) is 16.8. The molecule has 7 heteroatoms. The van der Waals surface area contributed by atoms with Gasteiger partial charge in [0.25, 0.3) is 5.56 Å². The van der Waals surface area contributed by atoms with Crippen LogP contribution in [0.25, 0.3) is 10.9 Å². The maximum Gasteiger partial charge on any atom is 0.262 e. The molecule has 0 radical (unpaired) electrons. The zero-order chi connectivity index (χ0) is 20.3. The number of rotatable bonds is 5. The number of hydrogen-bond donors (Lipinski definition) is 1. The molecular formula is C21H22FN3O2S. The molecule has 0 fully saturated rings. The summed E-state index contributed by atoms with van der Waals surface area (Å²) in [6.45, 7) is 5.98. The molecule has 28 heavy (non-hydrogen) atoms. The second-order valence-corrected chi connectivity index (χ2v) is 8.46. The molecule has 1 heterocycles. The van der Waals surface area contributed by atoms with E-state index in [0.717, 1.165) is 5.56 Å². The first-order chi connectivity index (χ1) is 13.2. The summed E-state index contributed by atoms with van der Waals surface area (Å²) in [7, 11) is 0. The third-order valence-electron chi connectivity index (χ3n) is 3.93. The number of nitrogens with one attached hydrogen (secondary N) is 1. The minimum atomic E-state index is -0.332. The number of hydrogen-bond acceptors (Lipinski definition) is 4. The van der Waals surface area contributed by atoms with E-state index in [9.17, 15) is 14.0 Å². The lowest BCUT2D eigenvalue weighted by Crippen LogP contribution is -2.41. The molecule has 0 atom stereocenters. The lowest BCUT2D eigenvalue weighted by Gasteiger charge is -2.20. The predicted octanol–water partition coefficient (Wildman–Crippen LogP) is 3.59. The topological polar surface area (TPSA) is 64.0 Å². The van der Waals surface area contributed by atoms with Crippen molar-refractivity contribution < 1.29 is 9.18 Å². The van der Waals surface area contributed by atoms with Crippen LogP contribution in [0.5, 0.6) is 0 Å². The Bertz CT molecular complexity index is 1060. The molecule has 5 nitrogen and oxygen atoms in total. The van der Waals surface area contributed by atoms with Gasteiger partial charge in [-0.25, -0.2) is 9.37 Å². The molecule has 0 aliphatic carbocycles. The summed E-state index contributed by atoms with van der Waals surface area (Å²) >= 11 is 1.21. The van der Waals surface area contributed by atoms with Crippen molar-refractivity contribution in [2.75, 3.05) is 5.75 Å². The molecule has 0 bridgehead atoms. The SMILES string of the molecule is CC(C)(C)NC(=O)CSc1nc2ccccc2c(=O)n1Cc1ccc(F)cc1. The number of thioether (sulfide) groups is 1. The number of fused-ring (bicyclic) bond motifs is 1. The van der Waals surface area contributed by atoms with Gasteiger partial charge in [0.1, 0.15) is 5.82 Å². The van der Waals surface area contributed by atoms with Gasteiger partial charge in [0.05, 0.1) is 23.2 Å². The summed E-state index contributed by atoms with van der Waals surface area (Å²) in [5.74, 6) is -0.319. The number of halogens is 1. The molecule has 0 aliphatic heterocycles. The van der Waals surface area contributed by atoms with E-state index < -0.39 is 0 Å². The van der Waals surface area contributed by atoms with E-state index in [0.29, 0.717) is 16.1 Å². The molecule has 3 aromatic rings. The average molecular weight is 399 g/mol. The monoisotopic (exact) mass is 399 g/mol. The summed E-state index contributed by atoms with van der Waals surface area (Å²) in [6.07, 6.45) is 0. The van der Waals surface area contributed by atoms with Gasteiger partial charge in [-0.2, -0.15) is 0 Å². The average Bonchev–Trinajstić information content (AvgIpc) is 2.63. The van der Waals surface area contributed by atoms with E-state index in [1.54, 1.807) is 30.3 Å². The van der Waals surface area contributed by atoms with Crippen LogP contribution in [0.2, 0.25) is 0 Å². The summed E-state index contributed by atoms with van der Waals surface area (Å²) in [6, 6.07) is 13.1. The first-order valence-corrected chi connectivity index (χ1v) is 9.89. The van der Waals surface area contributed by atoms with Gasteiger partial charge < -0.3 is 5.32 Å². The number of nitrogens with zero attached hydrogens (tertiary/aromatic N) is 2. The van der Waals surface area contributed by atoms with Crippen molar-refractivity contribution >= 4 is 28.6 Å². The standard InChI is InChI=1S/C21H22FN3O2S/c1-21(2,3)24-18(26)13-28-20-23-17-7-5-4-6-16(17)19(27)25(20)12-14-8-10-15(22)11-9-14/h4-11H,12-13H2,1-3H3,(H,24,26). The molecule has 1 aromatic heterocycles. The molecule has 0 unspecified atom stereocenters. The van der Waals surface area contributed by atoms with Crippen LogP contribution in [0.3, 0.4) is 0 Å². The van der Waals surface area contributed by atoms with Crippen LogP contribution in [-0.2, 0) is 11.3 Å². The smallest absolute Gasteiger partial charge is 0.262 e. The first-order valence-electron chi connectivity index (χ1n) is 8.91. The molecule has 3 rings (SSSR count). The Labute approximate surface area is 167 Å². The zero-order valence-electron chi connectivity index (χ0n) is 16.0. The summed E-state index contributed by atoms with van der Waals surface area (Å²) < 4.78 is 14.7. The number of carbonyl (C=O) groups is 1. The Morgan fingerprint density at radius 1 is 1.14 bits per heavy atom. The third kappa shape index (κ3) is 4.98. The summed E-state index contributed by atoms with van der Waals surface area (Å²) in [4.78, 5) is 29.8. The molecule has 1 N–H and O–H groups in total. The van der Waals surface area contributed by atoms with Crippen molar-refractivity contribution in [2.45, 2.75) is 38.0 Å². The number of carbonyl (C=O) groups excluding carboxylic acids is 1. The number of para-hydroxylation sites is 1. The van der Waals surface area contributed by atoms with Crippen molar-refractivity contribution in [3.05, 3.63) is 70.3 Å². The van der Waals surface area contributed by atoms with Crippen molar-refractivity contribution in [3.8, 4) is 0 Å². The van der Waals surface area contributed by atoms with E-state index in [1.165, 1.54) is 28.5 Å². The van der Waals surface area contributed by atoms with Crippen LogP contribution in [0.1, 0.15) is 26.3 Å². The quantitative estimate of drug-likeness (QED) is 0.526. The Hall–Kier alpha value is -2.67.